The van der Waals surface area contributed by atoms with E-state index in [2.05, 4.69) is 46.8 Å². The molecule has 10 atom stereocenters. The minimum Gasteiger partial charge on any atom is -0.469 e. The molecule has 1 saturated heterocycles. The van der Waals surface area contributed by atoms with Crippen molar-refractivity contribution in [3.05, 3.63) is 23.3 Å². The summed E-state index contributed by atoms with van der Waals surface area (Å²) in [6.45, 7) is 12.9. The van der Waals surface area contributed by atoms with Gasteiger partial charge >= 0.3 is 5.97 Å². The fourth-order valence-electron chi connectivity index (χ4n) is 10.1. The smallest absolute Gasteiger partial charge is 0.314 e. The first-order valence-electron chi connectivity index (χ1n) is 14.3. The zero-order valence-electron chi connectivity index (χ0n) is 23.7. The third-order valence-corrected chi connectivity index (χ3v) is 11.9. The molecule has 6 heteroatoms. The molecular weight excluding hydrogens is 468 g/mol. The maximum absolute atomic E-state index is 13.1. The van der Waals surface area contributed by atoms with Crippen molar-refractivity contribution < 1.29 is 29.3 Å². The summed E-state index contributed by atoms with van der Waals surface area (Å²) >= 11 is 0. The zero-order valence-corrected chi connectivity index (χ0v) is 23.7. The van der Waals surface area contributed by atoms with Crippen LogP contribution in [0.1, 0.15) is 80.1 Å². The highest BCUT2D eigenvalue weighted by Crippen LogP contribution is 2.72. The highest BCUT2D eigenvalue weighted by atomic mass is 16.6. The molecule has 0 radical (unpaired) electrons. The average molecular weight is 515 g/mol. The van der Waals surface area contributed by atoms with Crippen LogP contribution in [0.15, 0.2) is 23.3 Å². The topological polar surface area (TPSA) is 93.1 Å². The summed E-state index contributed by atoms with van der Waals surface area (Å²) in [5, 5.41) is 22.8. The van der Waals surface area contributed by atoms with Crippen molar-refractivity contribution in [1.29, 1.82) is 0 Å². The molecule has 0 amide bonds. The molecule has 206 valence electrons. The van der Waals surface area contributed by atoms with Crippen molar-refractivity contribution >= 4 is 11.8 Å². The van der Waals surface area contributed by atoms with Crippen molar-refractivity contribution in [1.82, 2.24) is 0 Å². The van der Waals surface area contributed by atoms with E-state index in [1.807, 2.05) is 6.92 Å². The van der Waals surface area contributed by atoms with Crippen LogP contribution in [0.2, 0.25) is 0 Å². The van der Waals surface area contributed by atoms with E-state index in [0.717, 1.165) is 24.8 Å². The lowest BCUT2D eigenvalue weighted by Gasteiger charge is -2.65. The summed E-state index contributed by atoms with van der Waals surface area (Å²) in [6.07, 6.45) is 7.33. The average Bonchev–Trinajstić information content (AvgIpc) is 3.36. The van der Waals surface area contributed by atoms with Crippen molar-refractivity contribution in [3.63, 3.8) is 0 Å². The molecule has 0 aromatic rings. The second-order valence-corrected chi connectivity index (χ2v) is 14.0. The fourth-order valence-corrected chi connectivity index (χ4v) is 10.1. The standard InChI is InChI=1S/C31H46O6/c1-17(2)19-12-18(13-21(19)32)20-8-9-22-28(20,3)11-10-23-29(4)15-26(34)37-16-30(5,27(35)36-7)24(29)14-25(33)31(22,23)6/h9,12,17-18,20,23-26,33-34H,8,10-11,13-16H2,1-7H3/t18?,20-,23+,24+,25+,26-,28-,29+,30-,31-/m0/s1. The second kappa shape index (κ2) is 8.76. The van der Waals surface area contributed by atoms with Gasteiger partial charge in [0, 0.05) is 18.3 Å². The fraction of sp³-hybridized carbons (Fsp3) is 0.806. The number of esters is 1. The SMILES string of the molecule is COC(=O)[C@@]1(C)CO[C@H](O)C[C@]2(C)[C@H]3CC[C@]4(C)C(=CC[C@H]4C4C=C(C(C)C)C(=O)C4)[C@]3(C)[C@H](O)C[C@H]21. The van der Waals surface area contributed by atoms with Crippen molar-refractivity contribution in [3.8, 4) is 0 Å². The summed E-state index contributed by atoms with van der Waals surface area (Å²) in [5.41, 5.74) is 0.382. The van der Waals surface area contributed by atoms with E-state index in [9.17, 15) is 19.8 Å². The number of aliphatic hydroxyl groups excluding tert-OH is 2. The van der Waals surface area contributed by atoms with Crippen LogP contribution in [0.3, 0.4) is 0 Å². The summed E-state index contributed by atoms with van der Waals surface area (Å²) in [4.78, 5) is 25.9. The number of ether oxygens (including phenoxy) is 2. The quantitative estimate of drug-likeness (QED) is 0.414. The summed E-state index contributed by atoms with van der Waals surface area (Å²) < 4.78 is 11.0. The van der Waals surface area contributed by atoms with E-state index >= 15 is 0 Å². The van der Waals surface area contributed by atoms with Crippen LogP contribution in [-0.4, -0.2) is 48.1 Å². The number of aliphatic hydroxyl groups is 2. The van der Waals surface area contributed by atoms with Gasteiger partial charge in [0.15, 0.2) is 12.1 Å². The molecule has 0 bridgehead atoms. The molecule has 37 heavy (non-hydrogen) atoms. The number of ketones is 1. The Morgan fingerprint density at radius 2 is 1.86 bits per heavy atom. The van der Waals surface area contributed by atoms with Gasteiger partial charge in [0.2, 0.25) is 0 Å². The molecule has 1 heterocycles. The Balaban J connectivity index is 1.53. The van der Waals surface area contributed by atoms with Crippen LogP contribution in [0, 0.1) is 51.2 Å². The lowest BCUT2D eigenvalue weighted by atomic mass is 9.39. The van der Waals surface area contributed by atoms with Crippen LogP contribution in [-0.2, 0) is 19.1 Å². The van der Waals surface area contributed by atoms with Crippen LogP contribution in [0.5, 0.6) is 0 Å². The predicted molar refractivity (Wildman–Crippen MR) is 140 cm³/mol. The number of carbonyl (C=O) groups excluding carboxylic acids is 2. The first-order valence-corrected chi connectivity index (χ1v) is 14.3. The first kappa shape index (κ1) is 27.1. The number of rotatable bonds is 3. The molecule has 0 aromatic heterocycles. The Bertz CT molecular complexity index is 1040. The van der Waals surface area contributed by atoms with Crippen LogP contribution >= 0.6 is 0 Å². The second-order valence-electron chi connectivity index (χ2n) is 14.0. The number of methoxy groups -OCH3 is 1. The molecular formula is C31H46O6. The van der Waals surface area contributed by atoms with Crippen molar-refractivity contribution in [2.75, 3.05) is 13.7 Å². The van der Waals surface area contributed by atoms with E-state index in [0.29, 0.717) is 31.0 Å². The van der Waals surface area contributed by atoms with E-state index in [-0.39, 0.29) is 41.7 Å². The van der Waals surface area contributed by atoms with Gasteiger partial charge in [-0.3, -0.25) is 9.59 Å². The Morgan fingerprint density at radius 3 is 2.49 bits per heavy atom. The number of fused-ring (bicyclic) bond motifs is 5. The minimum atomic E-state index is -0.957. The maximum Gasteiger partial charge on any atom is 0.314 e. The van der Waals surface area contributed by atoms with Gasteiger partial charge in [-0.15, -0.1) is 0 Å². The minimum absolute atomic E-state index is 0.0825. The predicted octanol–water partition coefficient (Wildman–Crippen LogP) is 4.83. The number of allylic oxidation sites excluding steroid dienone is 3. The highest BCUT2D eigenvalue weighted by molar-refractivity contribution is 5.98. The Kier molecular flexibility index (Phi) is 6.41. The van der Waals surface area contributed by atoms with E-state index in [1.165, 1.54) is 12.7 Å². The Morgan fingerprint density at radius 1 is 1.16 bits per heavy atom. The van der Waals surface area contributed by atoms with Crippen LogP contribution in [0.4, 0.5) is 0 Å². The molecule has 2 saturated carbocycles. The summed E-state index contributed by atoms with van der Waals surface area (Å²) in [7, 11) is 1.40. The molecule has 4 aliphatic carbocycles. The van der Waals surface area contributed by atoms with Gasteiger partial charge in [-0.25, -0.2) is 0 Å². The number of hydrogen-bond acceptors (Lipinski definition) is 6. The van der Waals surface area contributed by atoms with Gasteiger partial charge in [0.1, 0.15) is 0 Å². The Hall–Kier alpha value is -1.50. The number of hydrogen-bond donors (Lipinski definition) is 2. The number of Topliss-reactive ketones (excluding diaryl/α,β-unsaturated/α-hetero) is 1. The van der Waals surface area contributed by atoms with Crippen LogP contribution in [0.25, 0.3) is 0 Å². The van der Waals surface area contributed by atoms with Gasteiger partial charge in [-0.05, 0) is 78.6 Å². The summed E-state index contributed by atoms with van der Waals surface area (Å²) in [5.74, 6) is 0.693. The first-order chi connectivity index (χ1) is 17.2. The third-order valence-electron chi connectivity index (χ3n) is 11.9. The van der Waals surface area contributed by atoms with Gasteiger partial charge in [-0.1, -0.05) is 52.3 Å². The van der Waals surface area contributed by atoms with Crippen LogP contribution < -0.4 is 0 Å². The van der Waals surface area contributed by atoms with Gasteiger partial charge in [0.25, 0.3) is 0 Å². The molecule has 5 aliphatic rings. The van der Waals surface area contributed by atoms with Gasteiger partial charge in [0.05, 0.1) is 25.2 Å². The van der Waals surface area contributed by atoms with E-state index < -0.39 is 28.6 Å². The molecule has 1 unspecified atom stereocenters. The highest BCUT2D eigenvalue weighted by Gasteiger charge is 2.69. The molecule has 0 spiro atoms. The largest absolute Gasteiger partial charge is 0.469 e. The normalized spacial score (nSPS) is 49.5. The number of carbonyl (C=O) groups is 2. The molecule has 1 aliphatic heterocycles. The van der Waals surface area contributed by atoms with Crippen molar-refractivity contribution in [2.45, 2.75) is 92.5 Å². The lowest BCUT2D eigenvalue weighted by Crippen LogP contribution is -2.64. The monoisotopic (exact) mass is 514 g/mol. The molecule has 2 N–H and O–H groups in total. The zero-order chi connectivity index (χ0) is 27.1. The molecule has 0 aromatic carbocycles. The van der Waals surface area contributed by atoms with Gasteiger partial charge < -0.3 is 19.7 Å². The van der Waals surface area contributed by atoms with E-state index in [1.54, 1.807) is 0 Å². The maximum atomic E-state index is 13.1. The lowest BCUT2D eigenvalue weighted by molar-refractivity contribution is -0.190. The summed E-state index contributed by atoms with van der Waals surface area (Å²) in [6, 6.07) is 0. The molecule has 5 rings (SSSR count). The van der Waals surface area contributed by atoms with Gasteiger partial charge in [-0.2, -0.15) is 0 Å². The van der Waals surface area contributed by atoms with E-state index in [4.69, 9.17) is 9.47 Å². The molecule has 3 fully saturated rings. The Labute approximate surface area is 221 Å². The van der Waals surface area contributed by atoms with Crippen molar-refractivity contribution in [2.24, 2.45) is 51.2 Å². The molecule has 6 nitrogen and oxygen atoms in total. The third kappa shape index (κ3) is 3.61.